The molecule has 0 saturated carbocycles. The van der Waals surface area contributed by atoms with E-state index in [2.05, 4.69) is 14.9 Å². The van der Waals surface area contributed by atoms with Gasteiger partial charge in [0.2, 0.25) is 5.76 Å². The second kappa shape index (κ2) is 8.05. The maximum atomic E-state index is 13.3. The van der Waals surface area contributed by atoms with Crippen LogP contribution in [0.15, 0.2) is 70.1 Å². The second-order valence-electron chi connectivity index (χ2n) is 6.36. The first kappa shape index (κ1) is 19.1. The zero-order chi connectivity index (χ0) is 20.4. The van der Waals surface area contributed by atoms with Crippen molar-refractivity contribution >= 4 is 28.5 Å². The molecule has 1 atom stereocenters. The number of ether oxygens (including phenoxy) is 1. The summed E-state index contributed by atoms with van der Waals surface area (Å²) in [4.78, 5) is 11.6. The number of methoxy groups -OCH3 is 1. The van der Waals surface area contributed by atoms with Crippen LogP contribution < -0.4 is 0 Å². The van der Waals surface area contributed by atoms with Crippen LogP contribution in [-0.2, 0) is 4.74 Å². The summed E-state index contributed by atoms with van der Waals surface area (Å²) in [5.41, 5.74) is 1.50. The number of esters is 1. The predicted molar refractivity (Wildman–Crippen MR) is 109 cm³/mol. The summed E-state index contributed by atoms with van der Waals surface area (Å²) >= 11 is 1.49. The van der Waals surface area contributed by atoms with Crippen LogP contribution in [0.4, 0.5) is 4.39 Å². The number of rotatable bonds is 5. The molecule has 2 aromatic carbocycles. The molecule has 0 spiro atoms. The summed E-state index contributed by atoms with van der Waals surface area (Å²) < 4.78 is 23.6. The second-order valence-corrected chi connectivity index (χ2v) is 7.69. The van der Waals surface area contributed by atoms with E-state index in [-0.39, 0.29) is 16.8 Å². The summed E-state index contributed by atoms with van der Waals surface area (Å²) in [7, 11) is 1.31. The number of aromatic nitrogens is 2. The minimum absolute atomic E-state index is 0.0946. The quantitative estimate of drug-likeness (QED) is 0.313. The number of hydrogen-bond acceptors (Lipinski definition) is 6. The van der Waals surface area contributed by atoms with Crippen molar-refractivity contribution in [3.8, 4) is 11.3 Å². The van der Waals surface area contributed by atoms with Crippen LogP contribution in [0, 0.1) is 5.82 Å². The van der Waals surface area contributed by atoms with Crippen molar-refractivity contribution in [1.82, 2.24) is 10.2 Å². The number of carbonyl (C=O) groups is 1. The zero-order valence-electron chi connectivity index (χ0n) is 15.8. The van der Waals surface area contributed by atoms with Crippen molar-refractivity contribution in [2.45, 2.75) is 17.2 Å². The van der Waals surface area contributed by atoms with Crippen LogP contribution in [0.3, 0.4) is 0 Å². The van der Waals surface area contributed by atoms with Crippen molar-refractivity contribution < 1.29 is 18.3 Å². The van der Waals surface area contributed by atoms with Gasteiger partial charge in [0.25, 0.3) is 0 Å². The number of benzene rings is 2. The Kier molecular flexibility index (Phi) is 5.31. The van der Waals surface area contributed by atoms with Gasteiger partial charge in [-0.15, -0.1) is 10.2 Å². The Labute approximate surface area is 170 Å². The Bertz CT molecular complexity index is 1170. The molecule has 0 N–H and O–H groups in total. The van der Waals surface area contributed by atoms with Gasteiger partial charge in [0, 0.05) is 16.3 Å². The Hall–Kier alpha value is -3.19. The molecule has 1 unspecified atom stereocenters. The topological polar surface area (TPSA) is 65.2 Å². The highest BCUT2D eigenvalue weighted by Crippen LogP contribution is 2.39. The molecule has 0 aliphatic heterocycles. The van der Waals surface area contributed by atoms with Crippen LogP contribution in [0.25, 0.3) is 22.0 Å². The van der Waals surface area contributed by atoms with Gasteiger partial charge in [-0.1, -0.05) is 36.0 Å². The van der Waals surface area contributed by atoms with Gasteiger partial charge >= 0.3 is 5.97 Å². The van der Waals surface area contributed by atoms with Crippen molar-refractivity contribution in [2.24, 2.45) is 0 Å². The van der Waals surface area contributed by atoms with E-state index >= 15 is 0 Å². The molecule has 5 nitrogen and oxygen atoms in total. The van der Waals surface area contributed by atoms with Gasteiger partial charge in [-0.25, -0.2) is 9.18 Å². The lowest BCUT2D eigenvalue weighted by Gasteiger charge is -2.12. The molecular formula is C22H17FN2O3S. The van der Waals surface area contributed by atoms with E-state index in [9.17, 15) is 9.18 Å². The molecule has 2 heterocycles. The fourth-order valence-electron chi connectivity index (χ4n) is 2.99. The average Bonchev–Trinajstić information content (AvgIpc) is 3.25. The number of nitrogens with zero attached hydrogens (tertiary/aromatic N) is 2. The number of carbonyl (C=O) groups excluding carboxylic acids is 1. The lowest BCUT2D eigenvalue weighted by atomic mass is 10.1. The molecule has 0 fully saturated rings. The fraction of sp³-hybridized carbons (Fsp3) is 0.136. The van der Waals surface area contributed by atoms with E-state index in [4.69, 9.17) is 4.42 Å². The number of hydrogen-bond donors (Lipinski definition) is 0. The summed E-state index contributed by atoms with van der Waals surface area (Å²) in [6.07, 6.45) is 0. The molecule has 0 aliphatic rings. The lowest BCUT2D eigenvalue weighted by Crippen LogP contribution is -1.98. The highest BCUT2D eigenvalue weighted by molar-refractivity contribution is 7.99. The molecule has 0 bridgehead atoms. The number of furan rings is 1. The minimum atomic E-state index is -0.512. The van der Waals surface area contributed by atoms with Crippen molar-refractivity contribution in [1.29, 1.82) is 0 Å². The highest BCUT2D eigenvalue weighted by atomic mass is 32.2. The first-order valence-corrected chi connectivity index (χ1v) is 9.81. The number of halogens is 1. The maximum absolute atomic E-state index is 13.3. The maximum Gasteiger partial charge on any atom is 0.373 e. The predicted octanol–water partition coefficient (Wildman–Crippen LogP) is 5.67. The smallest absolute Gasteiger partial charge is 0.373 e. The third-order valence-corrected chi connectivity index (χ3v) is 5.58. The average molecular weight is 408 g/mol. The molecular weight excluding hydrogens is 391 g/mol. The van der Waals surface area contributed by atoms with Gasteiger partial charge in [0.15, 0.2) is 0 Å². The van der Waals surface area contributed by atoms with Gasteiger partial charge in [0.05, 0.1) is 12.4 Å². The van der Waals surface area contributed by atoms with Gasteiger partial charge in [-0.05, 0) is 43.3 Å². The molecule has 29 heavy (non-hydrogen) atoms. The molecule has 146 valence electrons. The van der Waals surface area contributed by atoms with Crippen molar-refractivity contribution in [3.63, 3.8) is 0 Å². The van der Waals surface area contributed by atoms with E-state index in [1.165, 1.54) is 31.0 Å². The molecule has 4 rings (SSSR count). The summed E-state index contributed by atoms with van der Waals surface area (Å²) in [5, 5.41) is 11.3. The molecule has 7 heteroatoms. The normalized spacial score (nSPS) is 12.1. The largest absolute Gasteiger partial charge is 0.463 e. The first-order chi connectivity index (χ1) is 14.1. The highest BCUT2D eigenvalue weighted by Gasteiger charge is 2.19. The standard InChI is InChI=1S/C22H17FN2O3S/c1-13(18-11-12-19(28-18)22(26)27-2)29-21-17-6-4-3-5-16(17)20(24-25-21)14-7-9-15(23)10-8-14/h3-13H,1-2H3. The van der Waals surface area contributed by atoms with E-state index in [1.54, 1.807) is 24.3 Å². The van der Waals surface area contributed by atoms with Crippen LogP contribution in [0.1, 0.15) is 28.5 Å². The van der Waals surface area contributed by atoms with E-state index in [0.717, 1.165) is 21.4 Å². The van der Waals surface area contributed by atoms with Crippen LogP contribution in [0.5, 0.6) is 0 Å². The summed E-state index contributed by atoms with van der Waals surface area (Å²) in [5.74, 6) is 0.000529. The Morgan fingerprint density at radius 1 is 1.03 bits per heavy atom. The van der Waals surface area contributed by atoms with Gasteiger partial charge < -0.3 is 9.15 Å². The van der Waals surface area contributed by atoms with Crippen LogP contribution in [0.2, 0.25) is 0 Å². The third-order valence-electron chi connectivity index (χ3n) is 4.47. The van der Waals surface area contributed by atoms with Gasteiger partial charge in [-0.2, -0.15) is 0 Å². The number of fused-ring (bicyclic) bond motifs is 1. The van der Waals surface area contributed by atoms with Gasteiger partial charge in [0.1, 0.15) is 22.3 Å². The fourth-order valence-corrected chi connectivity index (χ4v) is 3.97. The summed E-state index contributed by atoms with van der Waals surface area (Å²) in [6, 6.07) is 17.4. The Morgan fingerprint density at radius 2 is 1.76 bits per heavy atom. The first-order valence-electron chi connectivity index (χ1n) is 8.93. The third kappa shape index (κ3) is 3.86. The summed E-state index contributed by atoms with van der Waals surface area (Å²) in [6.45, 7) is 1.97. The lowest BCUT2D eigenvalue weighted by molar-refractivity contribution is 0.0563. The van der Waals surface area contributed by atoms with E-state index in [0.29, 0.717) is 11.5 Å². The molecule has 0 radical (unpaired) electrons. The molecule has 0 aliphatic carbocycles. The van der Waals surface area contributed by atoms with Crippen LogP contribution in [-0.4, -0.2) is 23.3 Å². The minimum Gasteiger partial charge on any atom is -0.463 e. The van der Waals surface area contributed by atoms with Gasteiger partial charge in [-0.3, -0.25) is 0 Å². The van der Waals surface area contributed by atoms with E-state index < -0.39 is 5.97 Å². The zero-order valence-corrected chi connectivity index (χ0v) is 16.6. The molecule has 4 aromatic rings. The molecule has 0 saturated heterocycles. The van der Waals surface area contributed by atoms with E-state index in [1.807, 2.05) is 31.2 Å². The Morgan fingerprint density at radius 3 is 2.48 bits per heavy atom. The SMILES string of the molecule is COC(=O)c1ccc(C(C)Sc2nnc(-c3ccc(F)cc3)c3ccccc23)o1. The van der Waals surface area contributed by atoms with Crippen molar-refractivity contribution in [3.05, 3.63) is 78.0 Å². The van der Waals surface area contributed by atoms with Crippen LogP contribution >= 0.6 is 11.8 Å². The Balaban J connectivity index is 1.68. The molecule has 0 amide bonds. The number of thioether (sulfide) groups is 1. The molecule has 2 aromatic heterocycles. The monoisotopic (exact) mass is 408 g/mol. The van der Waals surface area contributed by atoms with Crippen molar-refractivity contribution in [2.75, 3.05) is 7.11 Å².